The molecule has 2 unspecified atom stereocenters. The van der Waals surface area contributed by atoms with E-state index in [1.54, 1.807) is 11.0 Å². The molecule has 0 amide bonds. The number of hydrogen-bond acceptors (Lipinski definition) is 6. The molecule has 0 bridgehead atoms. The zero-order valence-electron chi connectivity index (χ0n) is 10.7. The molecule has 0 aliphatic carbocycles. The minimum atomic E-state index is -0.873. The van der Waals surface area contributed by atoms with Crippen molar-refractivity contribution in [3.63, 3.8) is 0 Å². The molecule has 104 valence electrons. The number of aromatic nitrogens is 1. The monoisotopic (exact) mass is 276 g/mol. The largest absolute Gasteiger partial charge is 0.481 e. The normalized spacial score (nSPS) is 21.5. The van der Waals surface area contributed by atoms with Crippen LogP contribution in [0.5, 0.6) is 0 Å². The summed E-state index contributed by atoms with van der Waals surface area (Å²) in [5.41, 5.74) is -0.614. The Hall–Kier alpha value is -2.69. The van der Waals surface area contributed by atoms with Gasteiger partial charge in [0, 0.05) is 19.2 Å². The third kappa shape index (κ3) is 2.38. The molecular formula is C12H12N4O4. The Kier molecular flexibility index (Phi) is 3.52. The van der Waals surface area contributed by atoms with E-state index in [1.807, 2.05) is 6.92 Å². The SMILES string of the molecule is CC1CN(c2ccc([N+](=O)[O-])c(C#N)n2)CC1C(=O)O. The first-order valence-electron chi connectivity index (χ1n) is 5.97. The molecule has 2 heterocycles. The molecule has 1 aliphatic rings. The molecule has 1 aliphatic heterocycles. The predicted molar refractivity (Wildman–Crippen MR) is 68.1 cm³/mol. The lowest BCUT2D eigenvalue weighted by molar-refractivity contribution is -0.385. The molecule has 0 radical (unpaired) electrons. The summed E-state index contributed by atoms with van der Waals surface area (Å²) in [4.78, 5) is 26.8. The van der Waals surface area contributed by atoms with Gasteiger partial charge in [0.25, 0.3) is 0 Å². The first-order chi connectivity index (χ1) is 9.43. The lowest BCUT2D eigenvalue weighted by atomic mass is 9.99. The maximum atomic E-state index is 11.1. The minimum Gasteiger partial charge on any atom is -0.481 e. The smallest absolute Gasteiger partial charge is 0.308 e. The fourth-order valence-corrected chi connectivity index (χ4v) is 2.32. The second-order valence-electron chi connectivity index (χ2n) is 4.73. The molecule has 0 saturated carbocycles. The third-order valence-electron chi connectivity index (χ3n) is 3.42. The number of carbonyl (C=O) groups is 1. The molecule has 2 atom stereocenters. The van der Waals surface area contributed by atoms with Crippen molar-refractivity contribution in [2.45, 2.75) is 6.92 Å². The maximum Gasteiger partial charge on any atom is 0.308 e. The minimum absolute atomic E-state index is 0.0463. The van der Waals surface area contributed by atoms with E-state index in [4.69, 9.17) is 10.4 Å². The van der Waals surface area contributed by atoms with Crippen LogP contribution < -0.4 is 4.90 Å². The Balaban J connectivity index is 2.30. The van der Waals surface area contributed by atoms with E-state index in [0.29, 0.717) is 12.4 Å². The molecule has 0 spiro atoms. The van der Waals surface area contributed by atoms with Crippen molar-refractivity contribution < 1.29 is 14.8 Å². The number of nitriles is 1. The van der Waals surface area contributed by atoms with E-state index in [-0.39, 0.29) is 23.8 Å². The van der Waals surface area contributed by atoms with Gasteiger partial charge in [-0.2, -0.15) is 5.26 Å². The van der Waals surface area contributed by atoms with E-state index in [1.165, 1.54) is 12.1 Å². The summed E-state index contributed by atoms with van der Waals surface area (Å²) >= 11 is 0. The fraction of sp³-hybridized carbons (Fsp3) is 0.417. The van der Waals surface area contributed by atoms with Gasteiger partial charge in [-0.25, -0.2) is 4.98 Å². The molecule has 20 heavy (non-hydrogen) atoms. The van der Waals surface area contributed by atoms with Gasteiger partial charge in [-0.1, -0.05) is 6.92 Å². The van der Waals surface area contributed by atoms with Crippen LogP contribution in [-0.2, 0) is 4.79 Å². The molecule has 1 fully saturated rings. The Morgan fingerprint density at radius 1 is 1.60 bits per heavy atom. The number of hydrogen-bond donors (Lipinski definition) is 1. The quantitative estimate of drug-likeness (QED) is 0.646. The first-order valence-corrected chi connectivity index (χ1v) is 5.97. The highest BCUT2D eigenvalue weighted by Crippen LogP contribution is 2.29. The number of anilines is 1. The zero-order chi connectivity index (χ0) is 14.9. The summed E-state index contributed by atoms with van der Waals surface area (Å²) < 4.78 is 0. The Morgan fingerprint density at radius 3 is 2.80 bits per heavy atom. The van der Waals surface area contributed by atoms with Crippen LogP contribution >= 0.6 is 0 Å². The van der Waals surface area contributed by atoms with E-state index in [2.05, 4.69) is 4.98 Å². The van der Waals surface area contributed by atoms with Gasteiger partial charge in [-0.15, -0.1) is 0 Å². The highest BCUT2D eigenvalue weighted by Gasteiger charge is 2.35. The van der Waals surface area contributed by atoms with Crippen molar-refractivity contribution in [2.75, 3.05) is 18.0 Å². The van der Waals surface area contributed by atoms with Crippen LogP contribution in [0.3, 0.4) is 0 Å². The van der Waals surface area contributed by atoms with Crippen molar-refractivity contribution in [2.24, 2.45) is 11.8 Å². The number of aliphatic carboxylic acids is 1. The summed E-state index contributed by atoms with van der Waals surface area (Å²) in [5.74, 6) is -1.03. The molecule has 1 aromatic heterocycles. The van der Waals surface area contributed by atoms with Gasteiger partial charge >= 0.3 is 11.7 Å². The molecule has 8 heteroatoms. The fourth-order valence-electron chi connectivity index (χ4n) is 2.32. The molecule has 1 aromatic rings. The van der Waals surface area contributed by atoms with E-state index in [0.717, 1.165) is 0 Å². The Morgan fingerprint density at radius 2 is 2.30 bits per heavy atom. The standard InChI is InChI=1S/C12H12N4O4/c1-7-5-15(6-8(7)12(17)18)11-3-2-10(16(19)20)9(4-13)14-11/h2-3,7-8H,5-6H2,1H3,(H,17,18). The van der Waals surface area contributed by atoms with Gasteiger partial charge in [0.15, 0.2) is 0 Å². The van der Waals surface area contributed by atoms with E-state index < -0.39 is 16.8 Å². The molecular weight excluding hydrogens is 264 g/mol. The first kappa shape index (κ1) is 13.7. The molecule has 2 rings (SSSR count). The number of carboxylic acids is 1. The average molecular weight is 276 g/mol. The van der Waals surface area contributed by atoms with Gasteiger partial charge in [0.05, 0.1) is 10.8 Å². The summed E-state index contributed by atoms with van der Waals surface area (Å²) in [5, 5.41) is 28.7. The lowest BCUT2D eigenvalue weighted by Crippen LogP contribution is -2.23. The van der Waals surface area contributed by atoms with Gasteiger partial charge in [0.1, 0.15) is 11.9 Å². The number of nitro groups is 1. The Bertz CT molecular complexity index is 610. The Labute approximate surface area is 114 Å². The summed E-state index contributed by atoms with van der Waals surface area (Å²) in [7, 11) is 0. The molecule has 0 aromatic carbocycles. The second kappa shape index (κ2) is 5.13. The summed E-state index contributed by atoms with van der Waals surface area (Å²) in [6.45, 7) is 2.61. The van der Waals surface area contributed by atoms with Crippen LogP contribution in [0.4, 0.5) is 11.5 Å². The van der Waals surface area contributed by atoms with E-state index >= 15 is 0 Å². The highest BCUT2D eigenvalue weighted by molar-refractivity contribution is 5.72. The number of nitrogens with zero attached hydrogens (tertiary/aromatic N) is 4. The van der Waals surface area contributed by atoms with Crippen molar-refractivity contribution >= 4 is 17.5 Å². The van der Waals surface area contributed by atoms with Gasteiger partial charge in [-0.05, 0) is 12.0 Å². The zero-order valence-corrected chi connectivity index (χ0v) is 10.7. The summed E-state index contributed by atoms with van der Waals surface area (Å²) in [6, 6.07) is 4.35. The van der Waals surface area contributed by atoms with Crippen molar-refractivity contribution in [1.82, 2.24) is 4.98 Å². The third-order valence-corrected chi connectivity index (χ3v) is 3.42. The van der Waals surface area contributed by atoms with Crippen LogP contribution in [-0.4, -0.2) is 34.1 Å². The van der Waals surface area contributed by atoms with Crippen LogP contribution in [0.1, 0.15) is 12.6 Å². The lowest BCUT2D eigenvalue weighted by Gasteiger charge is -2.16. The van der Waals surface area contributed by atoms with Crippen LogP contribution in [0.25, 0.3) is 0 Å². The van der Waals surface area contributed by atoms with Gasteiger partial charge < -0.3 is 10.0 Å². The predicted octanol–water partition coefficient (Wildman–Crippen LogP) is 1.02. The van der Waals surface area contributed by atoms with E-state index in [9.17, 15) is 14.9 Å². The highest BCUT2D eigenvalue weighted by atomic mass is 16.6. The van der Waals surface area contributed by atoms with Crippen LogP contribution in [0.15, 0.2) is 12.1 Å². The van der Waals surface area contributed by atoms with Gasteiger partial charge in [-0.3, -0.25) is 14.9 Å². The van der Waals surface area contributed by atoms with Crippen LogP contribution in [0, 0.1) is 33.3 Å². The average Bonchev–Trinajstić information content (AvgIpc) is 2.80. The second-order valence-corrected chi connectivity index (χ2v) is 4.73. The topological polar surface area (TPSA) is 120 Å². The number of carboxylic acid groups (broad SMARTS) is 1. The van der Waals surface area contributed by atoms with Gasteiger partial charge in [0.2, 0.25) is 5.69 Å². The number of rotatable bonds is 3. The molecule has 8 nitrogen and oxygen atoms in total. The van der Waals surface area contributed by atoms with Crippen molar-refractivity contribution in [3.8, 4) is 6.07 Å². The molecule has 1 N–H and O–H groups in total. The number of pyridine rings is 1. The maximum absolute atomic E-state index is 11.1. The van der Waals surface area contributed by atoms with Crippen molar-refractivity contribution in [1.29, 1.82) is 5.26 Å². The molecule has 1 saturated heterocycles. The van der Waals surface area contributed by atoms with Crippen LogP contribution in [0.2, 0.25) is 0 Å². The summed E-state index contributed by atoms with van der Waals surface area (Å²) in [6.07, 6.45) is 0. The van der Waals surface area contributed by atoms with Crippen molar-refractivity contribution in [3.05, 3.63) is 27.9 Å².